The molecule has 1 aliphatic heterocycles. The van der Waals surface area contributed by atoms with E-state index in [1.807, 2.05) is 36.7 Å². The quantitative estimate of drug-likeness (QED) is 0.711. The molecule has 19 heavy (non-hydrogen) atoms. The monoisotopic (exact) mass is 333 g/mol. The zero-order chi connectivity index (χ0) is 13.6. The van der Waals surface area contributed by atoms with E-state index in [0.29, 0.717) is 0 Å². The third kappa shape index (κ3) is 2.05. The van der Waals surface area contributed by atoms with Crippen molar-refractivity contribution in [3.05, 3.63) is 50.1 Å². The molecule has 2 heterocycles. The van der Waals surface area contributed by atoms with Crippen LogP contribution in [0.2, 0.25) is 0 Å². The molecule has 0 aliphatic carbocycles. The molecule has 0 spiro atoms. The van der Waals surface area contributed by atoms with Crippen molar-refractivity contribution in [1.29, 1.82) is 0 Å². The van der Waals surface area contributed by atoms with Crippen LogP contribution in [0.5, 0.6) is 0 Å². The number of carbonyl (C=O) groups is 1. The molecule has 96 valence electrons. The zero-order valence-corrected chi connectivity index (χ0v) is 13.0. The summed E-state index contributed by atoms with van der Waals surface area (Å²) in [6.45, 7) is 2.06. The summed E-state index contributed by atoms with van der Waals surface area (Å²) in [5.41, 5.74) is 3.93. The number of amides is 1. The second-order valence-electron chi connectivity index (χ2n) is 4.55. The van der Waals surface area contributed by atoms with Crippen molar-refractivity contribution in [2.75, 3.05) is 11.9 Å². The minimum Gasteiger partial charge on any atom is -0.311 e. The second-order valence-corrected chi connectivity index (χ2v) is 6.41. The van der Waals surface area contributed by atoms with Crippen LogP contribution in [0.3, 0.4) is 0 Å². The van der Waals surface area contributed by atoms with Gasteiger partial charge in [-0.15, -0.1) is 11.3 Å². The van der Waals surface area contributed by atoms with Crippen molar-refractivity contribution in [2.45, 2.75) is 6.92 Å². The van der Waals surface area contributed by atoms with Crippen molar-refractivity contribution in [3.8, 4) is 0 Å². The number of rotatable bonds is 1. The fourth-order valence-corrected chi connectivity index (χ4v) is 3.44. The van der Waals surface area contributed by atoms with E-state index in [1.54, 1.807) is 16.2 Å². The van der Waals surface area contributed by atoms with E-state index in [9.17, 15) is 4.79 Å². The van der Waals surface area contributed by atoms with Crippen LogP contribution < -0.4 is 4.90 Å². The van der Waals surface area contributed by atoms with Crippen LogP contribution in [-0.2, 0) is 4.79 Å². The highest BCUT2D eigenvalue weighted by molar-refractivity contribution is 9.10. The molecule has 1 aromatic heterocycles. The van der Waals surface area contributed by atoms with Gasteiger partial charge in [0.25, 0.3) is 5.91 Å². The molecule has 0 radical (unpaired) electrons. The van der Waals surface area contributed by atoms with Crippen LogP contribution >= 0.6 is 27.3 Å². The molecule has 0 fully saturated rings. The lowest BCUT2D eigenvalue weighted by Gasteiger charge is -2.08. The van der Waals surface area contributed by atoms with Gasteiger partial charge in [-0.2, -0.15) is 0 Å². The molecule has 3 rings (SSSR count). The SMILES string of the molecule is Cc1ccsc1C=C1C(=O)N(C)c2ccc(Br)cc21. The average Bonchev–Trinajstić information content (AvgIpc) is 2.88. The van der Waals surface area contributed by atoms with Crippen molar-refractivity contribution >= 4 is 50.5 Å². The standard InChI is InChI=1S/C15H12BrNOS/c1-9-5-6-19-14(9)8-12-11-7-10(16)3-4-13(11)17(2)15(12)18/h3-8H,1-2H3. The van der Waals surface area contributed by atoms with Gasteiger partial charge in [-0.1, -0.05) is 15.9 Å². The Bertz CT molecular complexity index is 702. The summed E-state index contributed by atoms with van der Waals surface area (Å²) in [6.07, 6.45) is 2.00. The smallest absolute Gasteiger partial charge is 0.258 e. The number of hydrogen-bond donors (Lipinski definition) is 0. The van der Waals surface area contributed by atoms with Crippen molar-refractivity contribution < 1.29 is 4.79 Å². The molecule has 0 N–H and O–H groups in total. The number of halogens is 1. The molecule has 2 aromatic rings. The van der Waals surface area contributed by atoms with Crippen molar-refractivity contribution in [2.24, 2.45) is 0 Å². The van der Waals surface area contributed by atoms with Crippen LogP contribution in [0, 0.1) is 6.92 Å². The van der Waals surface area contributed by atoms with E-state index in [0.717, 1.165) is 26.2 Å². The lowest BCUT2D eigenvalue weighted by molar-refractivity contribution is -0.112. The predicted molar refractivity (Wildman–Crippen MR) is 84.5 cm³/mol. The highest BCUT2D eigenvalue weighted by Crippen LogP contribution is 2.39. The lowest BCUT2D eigenvalue weighted by atomic mass is 10.1. The summed E-state index contributed by atoms with van der Waals surface area (Å²) in [6, 6.07) is 8.01. The fourth-order valence-electron chi connectivity index (χ4n) is 2.22. The van der Waals surface area contributed by atoms with E-state index in [1.165, 1.54) is 5.56 Å². The Hall–Kier alpha value is -1.39. The third-order valence-corrected chi connectivity index (χ3v) is 4.78. The van der Waals surface area contributed by atoms with Gasteiger partial charge in [0.05, 0.1) is 11.3 Å². The van der Waals surface area contributed by atoms with Crippen LogP contribution in [0.1, 0.15) is 16.0 Å². The fraction of sp³-hybridized carbons (Fsp3) is 0.133. The lowest BCUT2D eigenvalue weighted by Crippen LogP contribution is -2.20. The first-order valence-corrected chi connectivity index (χ1v) is 7.59. The van der Waals surface area contributed by atoms with Gasteiger partial charge in [-0.25, -0.2) is 0 Å². The molecule has 0 saturated heterocycles. The Balaban J connectivity index is 2.18. The molecule has 4 heteroatoms. The Labute approximate surface area is 124 Å². The van der Waals surface area contributed by atoms with E-state index in [2.05, 4.69) is 28.9 Å². The van der Waals surface area contributed by atoms with E-state index in [4.69, 9.17) is 0 Å². The summed E-state index contributed by atoms with van der Waals surface area (Å²) in [5, 5.41) is 2.05. The summed E-state index contributed by atoms with van der Waals surface area (Å²) in [7, 11) is 1.82. The summed E-state index contributed by atoms with van der Waals surface area (Å²) in [5.74, 6) is 0.0564. The summed E-state index contributed by atoms with van der Waals surface area (Å²) >= 11 is 5.13. The molecule has 1 amide bonds. The van der Waals surface area contributed by atoms with E-state index in [-0.39, 0.29) is 5.91 Å². The van der Waals surface area contributed by atoms with Crippen LogP contribution in [0.15, 0.2) is 34.1 Å². The van der Waals surface area contributed by atoms with Gasteiger partial charge in [0, 0.05) is 22.0 Å². The van der Waals surface area contributed by atoms with Gasteiger partial charge in [0.2, 0.25) is 0 Å². The Morgan fingerprint density at radius 3 is 2.79 bits per heavy atom. The molecule has 0 unspecified atom stereocenters. The van der Waals surface area contributed by atoms with E-state index < -0.39 is 0 Å². The normalized spacial score (nSPS) is 16.3. The molecule has 0 atom stereocenters. The molecule has 2 nitrogen and oxygen atoms in total. The highest BCUT2D eigenvalue weighted by Gasteiger charge is 2.29. The first kappa shape index (κ1) is 12.6. The minimum atomic E-state index is 0.0564. The topological polar surface area (TPSA) is 20.3 Å². The Kier molecular flexibility index (Phi) is 3.07. The first-order chi connectivity index (χ1) is 9.08. The number of aryl methyl sites for hydroxylation is 1. The molecular formula is C15H12BrNOS. The number of anilines is 1. The van der Waals surface area contributed by atoms with Gasteiger partial charge in [-0.05, 0) is 48.2 Å². The molecule has 0 bridgehead atoms. The number of nitrogens with zero attached hydrogens (tertiary/aromatic N) is 1. The molecule has 0 saturated carbocycles. The number of carbonyl (C=O) groups excluding carboxylic acids is 1. The number of benzene rings is 1. The maximum atomic E-state index is 12.4. The summed E-state index contributed by atoms with van der Waals surface area (Å²) in [4.78, 5) is 15.2. The predicted octanol–water partition coefficient (Wildman–Crippen LogP) is 4.34. The second kappa shape index (κ2) is 4.62. The number of hydrogen-bond acceptors (Lipinski definition) is 2. The van der Waals surface area contributed by atoms with Gasteiger partial charge < -0.3 is 4.90 Å². The van der Waals surface area contributed by atoms with Gasteiger partial charge in [-0.3, -0.25) is 4.79 Å². The Morgan fingerprint density at radius 1 is 1.32 bits per heavy atom. The number of thiophene rings is 1. The number of fused-ring (bicyclic) bond motifs is 1. The van der Waals surface area contributed by atoms with Crippen LogP contribution in [-0.4, -0.2) is 13.0 Å². The number of likely N-dealkylation sites (N-methyl/N-ethyl adjacent to an activating group) is 1. The average molecular weight is 334 g/mol. The maximum absolute atomic E-state index is 12.4. The van der Waals surface area contributed by atoms with Gasteiger partial charge in [0.15, 0.2) is 0 Å². The minimum absolute atomic E-state index is 0.0564. The van der Waals surface area contributed by atoms with Crippen molar-refractivity contribution in [3.63, 3.8) is 0 Å². The maximum Gasteiger partial charge on any atom is 0.258 e. The summed E-state index contributed by atoms with van der Waals surface area (Å²) < 4.78 is 0.989. The Morgan fingerprint density at radius 2 is 2.11 bits per heavy atom. The molecule has 1 aliphatic rings. The highest BCUT2D eigenvalue weighted by atomic mass is 79.9. The third-order valence-electron chi connectivity index (χ3n) is 3.32. The first-order valence-electron chi connectivity index (χ1n) is 5.91. The van der Waals surface area contributed by atoms with Crippen LogP contribution in [0.4, 0.5) is 5.69 Å². The largest absolute Gasteiger partial charge is 0.311 e. The molecule has 1 aromatic carbocycles. The van der Waals surface area contributed by atoms with Gasteiger partial charge >= 0.3 is 0 Å². The molecular weight excluding hydrogens is 322 g/mol. The van der Waals surface area contributed by atoms with Gasteiger partial charge in [0.1, 0.15) is 0 Å². The van der Waals surface area contributed by atoms with E-state index >= 15 is 0 Å². The van der Waals surface area contributed by atoms with Crippen molar-refractivity contribution in [1.82, 2.24) is 0 Å². The van der Waals surface area contributed by atoms with Crippen LogP contribution in [0.25, 0.3) is 11.6 Å². The zero-order valence-electron chi connectivity index (χ0n) is 10.6.